The average Bonchev–Trinajstić information content (AvgIpc) is 3.22. The molecule has 30 heavy (non-hydrogen) atoms. The van der Waals surface area contributed by atoms with Gasteiger partial charge in [-0.3, -0.25) is 9.78 Å². The molecule has 0 N–H and O–H groups in total. The first-order valence-electron chi connectivity index (χ1n) is 9.13. The van der Waals surface area contributed by atoms with E-state index in [-0.39, 0.29) is 29.7 Å². The zero-order chi connectivity index (χ0) is 21.1. The number of aromatic nitrogens is 2. The standard InChI is InChI=1S/C22H17F2N3O3/c1-27(12-14-8-9-25-19-5-3-2-4-17(14)19)22(28)20-11-16(30-26-20)13-29-21-7-6-15(23)10-18(21)24/h2-11H,12-13H2,1H3. The Bertz CT molecular complexity index is 1200. The molecule has 2 heterocycles. The van der Waals surface area contributed by atoms with Gasteiger partial charge in [-0.2, -0.15) is 0 Å². The van der Waals surface area contributed by atoms with Gasteiger partial charge in [-0.05, 0) is 29.8 Å². The number of amides is 1. The summed E-state index contributed by atoms with van der Waals surface area (Å²) in [7, 11) is 1.66. The first-order valence-corrected chi connectivity index (χ1v) is 9.13. The highest BCUT2D eigenvalue weighted by molar-refractivity contribution is 5.92. The van der Waals surface area contributed by atoms with Crippen LogP contribution >= 0.6 is 0 Å². The Labute approximate surface area is 170 Å². The number of carbonyl (C=O) groups is 1. The smallest absolute Gasteiger partial charge is 0.276 e. The largest absolute Gasteiger partial charge is 0.482 e. The number of rotatable bonds is 6. The van der Waals surface area contributed by atoms with E-state index in [1.807, 2.05) is 30.3 Å². The molecule has 0 saturated heterocycles. The fourth-order valence-electron chi connectivity index (χ4n) is 3.04. The van der Waals surface area contributed by atoms with E-state index in [2.05, 4.69) is 10.1 Å². The maximum Gasteiger partial charge on any atom is 0.276 e. The zero-order valence-corrected chi connectivity index (χ0v) is 16.0. The van der Waals surface area contributed by atoms with Gasteiger partial charge in [-0.25, -0.2) is 8.78 Å². The molecule has 4 rings (SSSR count). The summed E-state index contributed by atoms with van der Waals surface area (Å²) in [4.78, 5) is 18.5. The summed E-state index contributed by atoms with van der Waals surface area (Å²) in [6.45, 7) is 0.211. The Balaban J connectivity index is 1.43. The lowest BCUT2D eigenvalue weighted by Crippen LogP contribution is -2.26. The number of carbonyl (C=O) groups excluding carboxylic acids is 1. The predicted octanol–water partition coefficient (Wildman–Crippen LogP) is 4.35. The molecule has 0 unspecified atom stereocenters. The molecule has 4 aromatic rings. The van der Waals surface area contributed by atoms with Gasteiger partial charge in [0.1, 0.15) is 12.4 Å². The number of nitrogens with zero attached hydrogens (tertiary/aromatic N) is 3. The van der Waals surface area contributed by atoms with Gasteiger partial charge in [0.15, 0.2) is 23.0 Å². The van der Waals surface area contributed by atoms with E-state index in [0.717, 1.165) is 28.6 Å². The van der Waals surface area contributed by atoms with E-state index in [1.54, 1.807) is 13.2 Å². The van der Waals surface area contributed by atoms with E-state index < -0.39 is 11.6 Å². The van der Waals surface area contributed by atoms with E-state index >= 15 is 0 Å². The molecule has 0 spiro atoms. The molecule has 6 nitrogen and oxygen atoms in total. The van der Waals surface area contributed by atoms with Gasteiger partial charge >= 0.3 is 0 Å². The van der Waals surface area contributed by atoms with Crippen LogP contribution in [0, 0.1) is 11.6 Å². The fraction of sp³-hybridized carbons (Fsp3) is 0.136. The molecule has 0 bridgehead atoms. The number of pyridine rings is 1. The first kappa shape index (κ1) is 19.5. The minimum atomic E-state index is -0.824. The fourth-order valence-corrected chi connectivity index (χ4v) is 3.04. The van der Waals surface area contributed by atoms with Crippen LogP contribution in [0.15, 0.2) is 65.3 Å². The van der Waals surface area contributed by atoms with Crippen LogP contribution in [-0.4, -0.2) is 28.0 Å². The van der Waals surface area contributed by atoms with Gasteiger partial charge in [-0.15, -0.1) is 0 Å². The van der Waals surface area contributed by atoms with Crippen LogP contribution in [0.25, 0.3) is 10.9 Å². The highest BCUT2D eigenvalue weighted by Crippen LogP contribution is 2.20. The van der Waals surface area contributed by atoms with E-state index in [4.69, 9.17) is 9.26 Å². The summed E-state index contributed by atoms with van der Waals surface area (Å²) < 4.78 is 37.0. The van der Waals surface area contributed by atoms with E-state index in [9.17, 15) is 13.6 Å². The maximum absolute atomic E-state index is 13.6. The van der Waals surface area contributed by atoms with Crippen molar-refractivity contribution in [3.05, 3.63) is 89.4 Å². The molecule has 0 atom stereocenters. The third-order valence-electron chi connectivity index (χ3n) is 4.54. The molecule has 0 aliphatic rings. The summed E-state index contributed by atoms with van der Waals surface area (Å²) in [5.74, 6) is -1.74. The molecule has 0 fully saturated rings. The summed E-state index contributed by atoms with van der Waals surface area (Å²) in [5, 5.41) is 4.75. The molecule has 0 radical (unpaired) electrons. The topological polar surface area (TPSA) is 68.5 Å². The quantitative estimate of drug-likeness (QED) is 0.474. The van der Waals surface area contributed by atoms with Gasteiger partial charge in [0.2, 0.25) is 0 Å². The lowest BCUT2D eigenvalue weighted by molar-refractivity contribution is 0.0775. The monoisotopic (exact) mass is 409 g/mol. The van der Waals surface area contributed by atoms with Crippen molar-refractivity contribution in [2.75, 3.05) is 7.05 Å². The number of para-hydroxylation sites is 1. The van der Waals surface area contributed by atoms with Crippen molar-refractivity contribution in [1.29, 1.82) is 0 Å². The van der Waals surface area contributed by atoms with Crippen LogP contribution in [-0.2, 0) is 13.2 Å². The van der Waals surface area contributed by atoms with Crippen molar-refractivity contribution >= 4 is 16.8 Å². The van der Waals surface area contributed by atoms with Crippen molar-refractivity contribution in [3.8, 4) is 5.75 Å². The van der Waals surface area contributed by atoms with Gasteiger partial charge in [0.25, 0.3) is 5.91 Å². The van der Waals surface area contributed by atoms with Crippen LogP contribution in [0.3, 0.4) is 0 Å². The Morgan fingerprint density at radius 2 is 1.97 bits per heavy atom. The zero-order valence-electron chi connectivity index (χ0n) is 16.0. The second-order valence-electron chi connectivity index (χ2n) is 6.69. The third kappa shape index (κ3) is 4.12. The summed E-state index contributed by atoms with van der Waals surface area (Å²) in [5.41, 5.74) is 1.91. The second-order valence-corrected chi connectivity index (χ2v) is 6.69. The van der Waals surface area contributed by atoms with E-state index in [0.29, 0.717) is 6.54 Å². The van der Waals surface area contributed by atoms with Gasteiger partial charge in [0, 0.05) is 37.3 Å². The van der Waals surface area contributed by atoms with Gasteiger partial charge in [0.05, 0.1) is 5.52 Å². The molecule has 1 amide bonds. The third-order valence-corrected chi connectivity index (χ3v) is 4.54. The highest BCUT2D eigenvalue weighted by atomic mass is 19.1. The Hall–Kier alpha value is -3.81. The Kier molecular flexibility index (Phi) is 5.38. The molecule has 2 aromatic heterocycles. The lowest BCUT2D eigenvalue weighted by atomic mass is 10.1. The van der Waals surface area contributed by atoms with Crippen molar-refractivity contribution in [1.82, 2.24) is 15.0 Å². The Morgan fingerprint density at radius 3 is 2.80 bits per heavy atom. The predicted molar refractivity (Wildman–Crippen MR) is 105 cm³/mol. The molecule has 0 saturated carbocycles. The first-order chi connectivity index (χ1) is 14.5. The van der Waals surface area contributed by atoms with E-state index in [1.165, 1.54) is 17.0 Å². The molecular weight excluding hydrogens is 392 g/mol. The van der Waals surface area contributed by atoms with Crippen LogP contribution in [0.2, 0.25) is 0 Å². The number of hydrogen-bond donors (Lipinski definition) is 0. The van der Waals surface area contributed by atoms with Crippen LogP contribution in [0.4, 0.5) is 8.78 Å². The van der Waals surface area contributed by atoms with Crippen LogP contribution in [0.1, 0.15) is 21.8 Å². The van der Waals surface area contributed by atoms with Crippen molar-refractivity contribution in [3.63, 3.8) is 0 Å². The molecule has 152 valence electrons. The second kappa shape index (κ2) is 8.28. The molecule has 8 heteroatoms. The molecule has 0 aliphatic carbocycles. The minimum absolute atomic E-state index is 0.106. The maximum atomic E-state index is 13.6. The number of fused-ring (bicyclic) bond motifs is 1. The number of halogens is 2. The lowest BCUT2D eigenvalue weighted by Gasteiger charge is -2.16. The number of benzene rings is 2. The number of hydrogen-bond acceptors (Lipinski definition) is 5. The SMILES string of the molecule is CN(Cc1ccnc2ccccc12)C(=O)c1cc(COc2ccc(F)cc2F)on1. The summed E-state index contributed by atoms with van der Waals surface area (Å²) in [6.07, 6.45) is 1.70. The van der Waals surface area contributed by atoms with Crippen LogP contribution in [0.5, 0.6) is 5.75 Å². The van der Waals surface area contributed by atoms with Gasteiger partial charge in [-0.1, -0.05) is 23.4 Å². The molecule has 0 aliphatic heterocycles. The van der Waals surface area contributed by atoms with Gasteiger partial charge < -0.3 is 14.2 Å². The van der Waals surface area contributed by atoms with Crippen molar-refractivity contribution < 1.29 is 22.8 Å². The van der Waals surface area contributed by atoms with Crippen molar-refractivity contribution in [2.45, 2.75) is 13.2 Å². The minimum Gasteiger partial charge on any atom is -0.482 e. The molecular formula is C22H17F2N3O3. The number of ether oxygens (including phenoxy) is 1. The van der Waals surface area contributed by atoms with Crippen molar-refractivity contribution in [2.24, 2.45) is 0 Å². The summed E-state index contributed by atoms with van der Waals surface area (Å²) in [6, 6.07) is 14.0. The Morgan fingerprint density at radius 1 is 1.13 bits per heavy atom. The molecule has 2 aromatic carbocycles. The highest BCUT2D eigenvalue weighted by Gasteiger charge is 2.18. The normalized spacial score (nSPS) is 10.9. The van der Waals surface area contributed by atoms with Crippen LogP contribution < -0.4 is 4.74 Å². The average molecular weight is 409 g/mol. The summed E-state index contributed by atoms with van der Waals surface area (Å²) >= 11 is 0.